The van der Waals surface area contributed by atoms with Gasteiger partial charge in [0, 0.05) is 15.8 Å². The van der Waals surface area contributed by atoms with Crippen LogP contribution in [0.15, 0.2) is 12.2 Å². The molecule has 0 bridgehead atoms. The standard InChI is InChI=1S/C13H27NO5Si2/c1-11(2)12(15)17-8-9-18-13(16)14(7-6-10-20)19-21(3,4)5/h1,6-10H2,2-5,20H3. The topological polar surface area (TPSA) is 65.1 Å². The van der Waals surface area contributed by atoms with Crippen molar-refractivity contribution < 1.29 is 23.6 Å². The smallest absolute Gasteiger partial charge is 0.433 e. The molecule has 0 radical (unpaired) electrons. The fraction of sp³-hybridized carbons (Fsp3) is 0.692. The maximum atomic E-state index is 12.0. The van der Waals surface area contributed by atoms with Crippen LogP contribution in [0.2, 0.25) is 25.7 Å². The van der Waals surface area contributed by atoms with E-state index >= 15 is 0 Å². The van der Waals surface area contributed by atoms with E-state index in [0.29, 0.717) is 12.1 Å². The summed E-state index contributed by atoms with van der Waals surface area (Å²) in [5, 5.41) is 1.30. The van der Waals surface area contributed by atoms with Crippen molar-refractivity contribution >= 4 is 30.6 Å². The summed E-state index contributed by atoms with van der Waals surface area (Å²) in [5.74, 6) is -0.489. The minimum Gasteiger partial charge on any atom is -0.459 e. The molecule has 0 rings (SSSR count). The maximum Gasteiger partial charge on any atom is 0.433 e. The molecule has 0 saturated heterocycles. The molecule has 0 aromatic heterocycles. The molecule has 6 nitrogen and oxygen atoms in total. The van der Waals surface area contributed by atoms with Crippen LogP contribution in [0.5, 0.6) is 0 Å². The zero-order chi connectivity index (χ0) is 16.5. The second kappa shape index (κ2) is 9.75. The Morgan fingerprint density at radius 1 is 1.19 bits per heavy atom. The van der Waals surface area contributed by atoms with Gasteiger partial charge in [-0.2, -0.15) is 5.06 Å². The lowest BCUT2D eigenvalue weighted by molar-refractivity contribution is -0.140. The van der Waals surface area contributed by atoms with Gasteiger partial charge in [-0.1, -0.05) is 12.6 Å². The van der Waals surface area contributed by atoms with Crippen molar-refractivity contribution in [2.75, 3.05) is 19.8 Å². The summed E-state index contributed by atoms with van der Waals surface area (Å²) in [5.41, 5.74) is 0.317. The van der Waals surface area contributed by atoms with Crippen LogP contribution in [0, 0.1) is 0 Å². The minimum atomic E-state index is -1.87. The molecule has 122 valence electrons. The highest BCUT2D eigenvalue weighted by molar-refractivity contribution is 6.69. The van der Waals surface area contributed by atoms with Crippen molar-refractivity contribution in [2.24, 2.45) is 0 Å². The van der Waals surface area contributed by atoms with Gasteiger partial charge in [0.2, 0.25) is 8.32 Å². The molecule has 8 heteroatoms. The van der Waals surface area contributed by atoms with Crippen molar-refractivity contribution in [3.63, 3.8) is 0 Å². The van der Waals surface area contributed by atoms with Gasteiger partial charge in [0.05, 0.1) is 6.54 Å². The molecule has 0 aliphatic heterocycles. The van der Waals surface area contributed by atoms with Gasteiger partial charge in [0.1, 0.15) is 13.2 Å². The lowest BCUT2D eigenvalue weighted by Gasteiger charge is -2.28. The average molecular weight is 334 g/mol. The molecular weight excluding hydrogens is 306 g/mol. The molecular formula is C13H27NO5Si2. The Morgan fingerprint density at radius 2 is 1.76 bits per heavy atom. The van der Waals surface area contributed by atoms with Crippen LogP contribution in [0.4, 0.5) is 4.79 Å². The molecule has 0 aromatic rings. The Hall–Kier alpha value is -1.13. The summed E-state index contributed by atoms with van der Waals surface area (Å²) < 4.78 is 15.6. The third kappa shape index (κ3) is 10.3. The molecule has 0 saturated carbocycles. The van der Waals surface area contributed by atoms with Gasteiger partial charge in [0.25, 0.3) is 0 Å². The molecule has 0 N–H and O–H groups in total. The maximum absolute atomic E-state index is 12.0. The SMILES string of the molecule is C=C(C)C(=O)OCCOC(=O)N(CCC[SiH3])O[Si](C)(C)C. The highest BCUT2D eigenvalue weighted by Gasteiger charge is 2.24. The van der Waals surface area contributed by atoms with E-state index in [1.807, 2.05) is 19.6 Å². The van der Waals surface area contributed by atoms with Gasteiger partial charge in [-0.05, 0) is 33.0 Å². The number of carbonyl (C=O) groups excluding carboxylic acids is 2. The number of hydrogen-bond acceptors (Lipinski definition) is 5. The van der Waals surface area contributed by atoms with Crippen molar-refractivity contribution in [3.05, 3.63) is 12.2 Å². The number of amides is 1. The van der Waals surface area contributed by atoms with E-state index in [2.05, 4.69) is 6.58 Å². The average Bonchev–Trinajstić information content (AvgIpc) is 2.37. The summed E-state index contributed by atoms with van der Waals surface area (Å²) in [6.45, 7) is 11.6. The number of hydroxylamine groups is 2. The molecule has 21 heavy (non-hydrogen) atoms. The number of carbonyl (C=O) groups is 2. The van der Waals surface area contributed by atoms with Gasteiger partial charge in [0.15, 0.2) is 0 Å². The largest absolute Gasteiger partial charge is 0.459 e. The third-order valence-corrected chi connectivity index (χ3v) is 3.67. The van der Waals surface area contributed by atoms with Gasteiger partial charge < -0.3 is 14.0 Å². The van der Waals surface area contributed by atoms with Crippen LogP contribution >= 0.6 is 0 Å². The van der Waals surface area contributed by atoms with Crippen LogP contribution in [0.25, 0.3) is 0 Å². The Morgan fingerprint density at radius 3 is 2.24 bits per heavy atom. The first-order chi connectivity index (χ1) is 9.67. The molecule has 0 aromatic carbocycles. The van der Waals surface area contributed by atoms with Crippen LogP contribution in [0.3, 0.4) is 0 Å². The van der Waals surface area contributed by atoms with Gasteiger partial charge in [-0.15, -0.1) is 0 Å². The summed E-state index contributed by atoms with van der Waals surface area (Å²) >= 11 is 0. The molecule has 0 aliphatic rings. The summed E-state index contributed by atoms with van der Waals surface area (Å²) in [4.78, 5) is 23.1. The quantitative estimate of drug-likeness (QED) is 0.210. The van der Waals surface area contributed by atoms with Crippen molar-refractivity contribution in [1.82, 2.24) is 5.06 Å². The predicted octanol–water partition coefficient (Wildman–Crippen LogP) is 1.48. The van der Waals surface area contributed by atoms with Gasteiger partial charge in [-0.25, -0.2) is 9.59 Å². The van der Waals surface area contributed by atoms with Gasteiger partial charge >= 0.3 is 12.1 Å². The van der Waals surface area contributed by atoms with Crippen LogP contribution in [-0.2, 0) is 18.8 Å². The predicted molar refractivity (Wildman–Crippen MR) is 87.6 cm³/mol. The first-order valence-corrected chi connectivity index (χ1v) is 12.0. The van der Waals surface area contributed by atoms with E-state index in [0.717, 1.165) is 22.7 Å². The Bertz CT molecular complexity index is 368. The Labute approximate surface area is 130 Å². The van der Waals surface area contributed by atoms with Gasteiger partial charge in [-0.3, -0.25) is 0 Å². The summed E-state index contributed by atoms with van der Waals surface area (Å²) in [6, 6.07) is 1.09. The normalized spacial score (nSPS) is 11.0. The molecule has 1 amide bonds. The number of nitrogens with zero attached hydrogens (tertiary/aromatic N) is 1. The zero-order valence-electron chi connectivity index (χ0n) is 13.7. The van der Waals surface area contributed by atoms with E-state index in [1.54, 1.807) is 6.92 Å². The third-order valence-electron chi connectivity index (χ3n) is 2.19. The lowest BCUT2D eigenvalue weighted by Crippen LogP contribution is -2.42. The Balaban J connectivity index is 4.21. The fourth-order valence-electron chi connectivity index (χ4n) is 1.27. The molecule has 0 fully saturated rings. The number of rotatable bonds is 9. The van der Waals surface area contributed by atoms with E-state index in [-0.39, 0.29) is 13.2 Å². The number of ether oxygens (including phenoxy) is 2. The molecule has 0 spiro atoms. The number of esters is 1. The van der Waals surface area contributed by atoms with E-state index in [1.165, 1.54) is 5.06 Å². The lowest BCUT2D eigenvalue weighted by atomic mass is 10.4. The second-order valence-electron chi connectivity index (χ2n) is 5.69. The van der Waals surface area contributed by atoms with E-state index < -0.39 is 20.4 Å². The minimum absolute atomic E-state index is 0.00425. The zero-order valence-corrected chi connectivity index (χ0v) is 16.7. The van der Waals surface area contributed by atoms with Crippen LogP contribution < -0.4 is 0 Å². The summed E-state index contributed by atoms with van der Waals surface area (Å²) in [7, 11) is -0.781. The second-order valence-corrected chi connectivity index (χ2v) is 11.1. The molecule has 0 atom stereocenters. The van der Waals surface area contributed by atoms with Crippen LogP contribution in [0.1, 0.15) is 13.3 Å². The highest BCUT2D eigenvalue weighted by Crippen LogP contribution is 2.09. The van der Waals surface area contributed by atoms with Crippen molar-refractivity contribution in [1.29, 1.82) is 0 Å². The monoisotopic (exact) mass is 333 g/mol. The van der Waals surface area contributed by atoms with Crippen LogP contribution in [-0.4, -0.2) is 55.4 Å². The fourth-order valence-corrected chi connectivity index (χ4v) is 2.41. The molecule has 0 aliphatic carbocycles. The molecule has 0 unspecified atom stereocenters. The van der Waals surface area contributed by atoms with E-state index in [9.17, 15) is 9.59 Å². The first kappa shape index (κ1) is 19.9. The van der Waals surface area contributed by atoms with Crippen molar-refractivity contribution in [2.45, 2.75) is 39.0 Å². The molecule has 0 heterocycles. The van der Waals surface area contributed by atoms with Crippen molar-refractivity contribution in [3.8, 4) is 0 Å². The number of hydrogen-bond donors (Lipinski definition) is 0. The van der Waals surface area contributed by atoms with E-state index in [4.69, 9.17) is 14.0 Å². The highest BCUT2D eigenvalue weighted by atomic mass is 28.4. The first-order valence-electron chi connectivity index (χ1n) is 7.13. The Kier molecular flexibility index (Phi) is 9.22. The summed E-state index contributed by atoms with van der Waals surface area (Å²) in [6.07, 6.45) is 0.370.